The highest BCUT2D eigenvalue weighted by atomic mass is 35.5. The van der Waals surface area contributed by atoms with Gasteiger partial charge in [-0.1, -0.05) is 54.9 Å². The van der Waals surface area contributed by atoms with Crippen LogP contribution in [0.15, 0.2) is 48.5 Å². The van der Waals surface area contributed by atoms with Crippen molar-refractivity contribution in [2.75, 3.05) is 33.4 Å². The molecule has 32 heavy (non-hydrogen) atoms. The molecule has 0 bridgehead atoms. The summed E-state index contributed by atoms with van der Waals surface area (Å²) in [7, 11) is 1.69. The van der Waals surface area contributed by atoms with E-state index in [0.29, 0.717) is 19.6 Å². The lowest BCUT2D eigenvalue weighted by atomic mass is 9.71. The molecule has 2 aromatic carbocycles. The quantitative estimate of drug-likeness (QED) is 0.595. The Morgan fingerprint density at radius 3 is 2.66 bits per heavy atom. The fraction of sp³-hybridized carbons (Fsp3) is 0.500. The Labute approximate surface area is 196 Å². The van der Waals surface area contributed by atoms with Gasteiger partial charge in [-0.3, -0.25) is 9.69 Å². The van der Waals surface area contributed by atoms with E-state index in [4.69, 9.17) is 21.1 Å². The second-order valence-electron chi connectivity index (χ2n) is 8.83. The molecule has 1 amide bonds. The van der Waals surface area contributed by atoms with Crippen LogP contribution in [0.3, 0.4) is 0 Å². The van der Waals surface area contributed by atoms with Gasteiger partial charge in [-0.2, -0.15) is 0 Å². The molecule has 2 aromatic rings. The normalized spacial score (nSPS) is 22.1. The Morgan fingerprint density at radius 2 is 1.94 bits per heavy atom. The largest absolute Gasteiger partial charge is 0.382 e. The monoisotopic (exact) mass is 456 g/mol. The van der Waals surface area contributed by atoms with E-state index in [1.807, 2.05) is 25.1 Å². The number of benzene rings is 2. The van der Waals surface area contributed by atoms with Crippen molar-refractivity contribution in [3.8, 4) is 0 Å². The highest BCUT2D eigenvalue weighted by Gasteiger charge is 2.54. The molecule has 5 nitrogen and oxygen atoms in total. The average molecular weight is 457 g/mol. The van der Waals surface area contributed by atoms with Crippen molar-refractivity contribution >= 4 is 17.5 Å². The Morgan fingerprint density at radius 1 is 1.16 bits per heavy atom. The summed E-state index contributed by atoms with van der Waals surface area (Å²) in [6.07, 6.45) is 2.34. The molecule has 0 saturated carbocycles. The summed E-state index contributed by atoms with van der Waals surface area (Å²) < 4.78 is 11.7. The van der Waals surface area contributed by atoms with Crippen molar-refractivity contribution in [3.63, 3.8) is 0 Å². The Bertz CT molecular complexity index is 927. The number of carbonyl (C=O) groups excluding carboxylic acids is 1. The standard InChI is InChI=1S/C26H33ClN2O3/c1-3-23(30)28-24-21-9-4-5-10-22(21)26(25(24)32-16-15-31-2)11-13-29(14-12-26)18-19-7-6-8-20(27)17-19/h4-10,17,24-25H,3,11-16,18H2,1-2H3,(H,28,30)/t24-,25+/m0/s1. The molecule has 1 aliphatic heterocycles. The number of piperidine rings is 1. The van der Waals surface area contributed by atoms with E-state index in [0.717, 1.165) is 37.5 Å². The highest BCUT2D eigenvalue weighted by molar-refractivity contribution is 6.30. The SMILES string of the molecule is CCC(=O)N[C@H]1c2ccccc2C2(CCN(Cc3cccc(Cl)c3)CC2)[C@@H]1OCCOC. The number of nitrogens with zero attached hydrogens (tertiary/aromatic N) is 1. The van der Waals surface area contributed by atoms with Crippen LogP contribution in [-0.4, -0.2) is 50.3 Å². The number of methoxy groups -OCH3 is 1. The fourth-order valence-corrected chi connectivity index (χ4v) is 5.57. The maximum atomic E-state index is 12.4. The minimum atomic E-state index is -0.130. The zero-order chi connectivity index (χ0) is 22.6. The summed E-state index contributed by atoms with van der Waals surface area (Å²) in [5.74, 6) is 0.0561. The molecule has 0 aromatic heterocycles. The summed E-state index contributed by atoms with van der Waals surface area (Å²) in [5.41, 5.74) is 3.65. The first-order chi connectivity index (χ1) is 15.6. The third-order valence-electron chi connectivity index (χ3n) is 6.95. The third kappa shape index (κ3) is 4.72. The molecule has 1 saturated heterocycles. The topological polar surface area (TPSA) is 50.8 Å². The van der Waals surface area contributed by atoms with Crippen LogP contribution in [0.2, 0.25) is 5.02 Å². The molecular formula is C26H33ClN2O3. The molecule has 1 aliphatic carbocycles. The van der Waals surface area contributed by atoms with E-state index < -0.39 is 0 Å². The van der Waals surface area contributed by atoms with Crippen molar-refractivity contribution in [2.45, 2.75) is 50.3 Å². The second-order valence-corrected chi connectivity index (χ2v) is 9.27. The van der Waals surface area contributed by atoms with Crippen molar-refractivity contribution in [3.05, 3.63) is 70.2 Å². The van der Waals surface area contributed by atoms with E-state index in [1.54, 1.807) is 7.11 Å². The molecule has 1 fully saturated rings. The van der Waals surface area contributed by atoms with Crippen LogP contribution >= 0.6 is 11.6 Å². The number of carbonyl (C=O) groups is 1. The molecular weight excluding hydrogens is 424 g/mol. The van der Waals surface area contributed by atoms with Crippen molar-refractivity contribution in [1.29, 1.82) is 0 Å². The van der Waals surface area contributed by atoms with Crippen LogP contribution in [0.4, 0.5) is 0 Å². The predicted octanol–water partition coefficient (Wildman–Crippen LogP) is 4.49. The molecule has 6 heteroatoms. The van der Waals surface area contributed by atoms with Gasteiger partial charge in [-0.05, 0) is 54.8 Å². The summed E-state index contributed by atoms with van der Waals surface area (Å²) >= 11 is 6.19. The number of nitrogens with one attached hydrogen (secondary N) is 1. The van der Waals surface area contributed by atoms with Crippen LogP contribution < -0.4 is 5.32 Å². The van der Waals surface area contributed by atoms with E-state index >= 15 is 0 Å². The highest BCUT2D eigenvalue weighted by Crippen LogP contribution is 2.52. The Hall–Kier alpha value is -1.92. The van der Waals surface area contributed by atoms with Gasteiger partial charge in [0.1, 0.15) is 0 Å². The van der Waals surface area contributed by atoms with E-state index in [2.05, 4.69) is 40.5 Å². The lowest BCUT2D eigenvalue weighted by Gasteiger charge is -2.44. The van der Waals surface area contributed by atoms with Gasteiger partial charge < -0.3 is 14.8 Å². The molecule has 2 atom stereocenters. The fourth-order valence-electron chi connectivity index (χ4n) is 5.36. The van der Waals surface area contributed by atoms with Crippen LogP contribution in [0, 0.1) is 0 Å². The summed E-state index contributed by atoms with van der Waals surface area (Å²) in [6.45, 7) is 5.78. The predicted molar refractivity (Wildman–Crippen MR) is 127 cm³/mol. The third-order valence-corrected chi connectivity index (χ3v) is 7.18. The lowest BCUT2D eigenvalue weighted by molar-refractivity contribution is -0.124. The summed E-state index contributed by atoms with van der Waals surface area (Å²) in [5, 5.41) is 4.04. The number of amides is 1. The van der Waals surface area contributed by atoms with Gasteiger partial charge in [-0.25, -0.2) is 0 Å². The van der Waals surface area contributed by atoms with Crippen LogP contribution in [-0.2, 0) is 26.2 Å². The van der Waals surface area contributed by atoms with Crippen molar-refractivity contribution < 1.29 is 14.3 Å². The first kappa shape index (κ1) is 23.2. The van der Waals surface area contributed by atoms with Gasteiger partial charge in [0.15, 0.2) is 0 Å². The number of fused-ring (bicyclic) bond motifs is 2. The zero-order valence-electron chi connectivity index (χ0n) is 19.0. The number of ether oxygens (including phenoxy) is 2. The molecule has 0 unspecified atom stereocenters. The molecule has 4 rings (SSSR count). The number of likely N-dealkylation sites (tertiary alicyclic amines) is 1. The van der Waals surface area contributed by atoms with Gasteiger partial charge in [0.2, 0.25) is 5.91 Å². The minimum absolute atomic E-state index is 0.0561. The number of halogens is 1. The molecule has 172 valence electrons. The molecule has 1 heterocycles. The van der Waals surface area contributed by atoms with E-state index in [9.17, 15) is 4.79 Å². The lowest BCUT2D eigenvalue weighted by Crippen LogP contribution is -2.51. The first-order valence-electron chi connectivity index (χ1n) is 11.5. The minimum Gasteiger partial charge on any atom is -0.382 e. The van der Waals surface area contributed by atoms with Gasteiger partial charge in [0.25, 0.3) is 0 Å². The number of rotatable bonds is 8. The van der Waals surface area contributed by atoms with Gasteiger partial charge in [-0.15, -0.1) is 0 Å². The summed E-state index contributed by atoms with van der Waals surface area (Å²) in [6, 6.07) is 16.5. The van der Waals surface area contributed by atoms with Crippen molar-refractivity contribution in [2.24, 2.45) is 0 Å². The second kappa shape index (κ2) is 10.3. The Balaban J connectivity index is 1.58. The van der Waals surface area contributed by atoms with Crippen LogP contribution in [0.25, 0.3) is 0 Å². The first-order valence-corrected chi connectivity index (χ1v) is 11.9. The number of hydrogen-bond acceptors (Lipinski definition) is 4. The molecule has 2 aliphatic rings. The molecule has 1 N–H and O–H groups in total. The smallest absolute Gasteiger partial charge is 0.220 e. The summed E-state index contributed by atoms with van der Waals surface area (Å²) in [4.78, 5) is 14.9. The van der Waals surface area contributed by atoms with Gasteiger partial charge in [0.05, 0.1) is 25.4 Å². The maximum absolute atomic E-state index is 12.4. The number of hydrogen-bond donors (Lipinski definition) is 1. The Kier molecular flexibility index (Phi) is 7.51. The molecule has 0 radical (unpaired) electrons. The average Bonchev–Trinajstić information content (AvgIpc) is 3.04. The van der Waals surface area contributed by atoms with E-state index in [1.165, 1.54) is 16.7 Å². The van der Waals surface area contributed by atoms with Gasteiger partial charge >= 0.3 is 0 Å². The van der Waals surface area contributed by atoms with Crippen LogP contribution in [0.1, 0.15) is 48.9 Å². The van der Waals surface area contributed by atoms with Gasteiger partial charge in [0, 0.05) is 30.5 Å². The van der Waals surface area contributed by atoms with Crippen LogP contribution in [0.5, 0.6) is 0 Å². The molecule has 1 spiro atoms. The maximum Gasteiger partial charge on any atom is 0.220 e. The van der Waals surface area contributed by atoms with Crippen molar-refractivity contribution in [1.82, 2.24) is 10.2 Å². The van der Waals surface area contributed by atoms with E-state index in [-0.39, 0.29) is 23.5 Å². The zero-order valence-corrected chi connectivity index (χ0v) is 19.7.